The van der Waals surface area contributed by atoms with Gasteiger partial charge in [0.25, 0.3) is 0 Å². The molecule has 0 unspecified atom stereocenters. The number of aryl methyl sites for hydroxylation is 1. The van der Waals surface area contributed by atoms with E-state index in [0.29, 0.717) is 0 Å². The maximum atomic E-state index is 6.67. The molecule has 5 aromatic rings. The molecule has 0 spiro atoms. The van der Waals surface area contributed by atoms with Crippen molar-refractivity contribution in [3.8, 4) is 44.9 Å². The maximum absolute atomic E-state index is 6.67. The summed E-state index contributed by atoms with van der Waals surface area (Å²) in [5.74, 6) is 1.80. The van der Waals surface area contributed by atoms with Crippen molar-refractivity contribution in [2.75, 3.05) is 0 Å². The lowest BCUT2D eigenvalue weighted by Crippen LogP contribution is -1.85. The Labute approximate surface area is 177 Å². The predicted octanol–water partition coefficient (Wildman–Crippen LogP) is 8.26. The zero-order valence-electron chi connectivity index (χ0n) is 16.9. The molecule has 1 aromatic heterocycles. The van der Waals surface area contributed by atoms with Gasteiger partial charge in [-0.1, -0.05) is 121 Å². The molecular weight excluding hydrogens is 364 g/mol. The Kier molecular flexibility index (Phi) is 4.78. The van der Waals surface area contributed by atoms with E-state index in [1.165, 1.54) is 5.56 Å². The third-order valence-corrected chi connectivity index (χ3v) is 5.38. The largest absolute Gasteiger partial charge is 0.455 e. The summed E-state index contributed by atoms with van der Waals surface area (Å²) >= 11 is 0. The molecule has 0 saturated heterocycles. The summed E-state index contributed by atoms with van der Waals surface area (Å²) in [6.45, 7) is 2.11. The van der Waals surface area contributed by atoms with Gasteiger partial charge in [-0.05, 0) is 18.1 Å². The highest BCUT2D eigenvalue weighted by Gasteiger charge is 2.24. The summed E-state index contributed by atoms with van der Waals surface area (Å²) in [5, 5.41) is 0. The van der Waals surface area contributed by atoms with E-state index in [1.807, 2.05) is 6.07 Å². The quantitative estimate of drug-likeness (QED) is 0.303. The van der Waals surface area contributed by atoms with Gasteiger partial charge in [0.1, 0.15) is 11.5 Å². The van der Waals surface area contributed by atoms with Crippen molar-refractivity contribution in [3.05, 3.63) is 121 Å². The Morgan fingerprint density at radius 3 is 1.20 bits per heavy atom. The maximum Gasteiger partial charge on any atom is 0.143 e. The van der Waals surface area contributed by atoms with Gasteiger partial charge in [-0.25, -0.2) is 0 Å². The molecule has 0 aliphatic carbocycles. The highest BCUT2D eigenvalue weighted by molar-refractivity contribution is 5.99. The summed E-state index contributed by atoms with van der Waals surface area (Å²) in [6.07, 6.45) is 0. The van der Waals surface area contributed by atoms with Crippen molar-refractivity contribution in [3.63, 3.8) is 0 Å². The summed E-state index contributed by atoms with van der Waals surface area (Å²) in [5.41, 5.74) is 7.95. The van der Waals surface area contributed by atoms with Crippen molar-refractivity contribution >= 4 is 0 Å². The smallest absolute Gasteiger partial charge is 0.143 e. The zero-order chi connectivity index (χ0) is 20.3. The van der Waals surface area contributed by atoms with Crippen LogP contribution >= 0.6 is 0 Å². The standard InChI is InChI=1S/C29H22O/c1-21-17-19-25(20-18-21)29-27(23-13-7-3-8-14-23)26(22-11-5-2-6-12-22)28(30-29)24-15-9-4-10-16-24/h2-20H,1H3. The Bertz CT molecular complexity index is 1250. The van der Waals surface area contributed by atoms with E-state index in [4.69, 9.17) is 4.42 Å². The van der Waals surface area contributed by atoms with Crippen LogP contribution in [0.15, 0.2) is 120 Å². The van der Waals surface area contributed by atoms with Crippen molar-refractivity contribution in [1.29, 1.82) is 0 Å². The molecule has 0 aliphatic rings. The van der Waals surface area contributed by atoms with E-state index in [9.17, 15) is 0 Å². The minimum Gasteiger partial charge on any atom is -0.455 e. The fraction of sp³-hybridized carbons (Fsp3) is 0.0345. The van der Waals surface area contributed by atoms with Gasteiger partial charge in [0, 0.05) is 22.3 Å². The van der Waals surface area contributed by atoms with Gasteiger partial charge < -0.3 is 4.42 Å². The molecular formula is C29H22O. The lowest BCUT2D eigenvalue weighted by atomic mass is 9.91. The molecule has 144 valence electrons. The van der Waals surface area contributed by atoms with Crippen molar-refractivity contribution in [1.82, 2.24) is 0 Å². The first-order valence-electron chi connectivity index (χ1n) is 10.2. The lowest BCUT2D eigenvalue weighted by molar-refractivity contribution is 0.599. The second-order valence-corrected chi connectivity index (χ2v) is 7.47. The van der Waals surface area contributed by atoms with Crippen LogP contribution in [-0.4, -0.2) is 0 Å². The Morgan fingerprint density at radius 2 is 0.767 bits per heavy atom. The first-order chi connectivity index (χ1) is 14.8. The van der Waals surface area contributed by atoms with Crippen LogP contribution in [0.25, 0.3) is 44.9 Å². The van der Waals surface area contributed by atoms with E-state index in [2.05, 4.69) is 116 Å². The van der Waals surface area contributed by atoms with Crippen LogP contribution in [0.5, 0.6) is 0 Å². The third kappa shape index (κ3) is 3.35. The minimum atomic E-state index is 0.899. The van der Waals surface area contributed by atoms with E-state index >= 15 is 0 Å². The predicted molar refractivity (Wildman–Crippen MR) is 125 cm³/mol. The number of benzene rings is 4. The van der Waals surface area contributed by atoms with Gasteiger partial charge in [0.2, 0.25) is 0 Å². The monoisotopic (exact) mass is 386 g/mol. The highest BCUT2D eigenvalue weighted by atomic mass is 16.3. The summed E-state index contributed by atoms with van der Waals surface area (Å²) in [4.78, 5) is 0. The number of rotatable bonds is 4. The van der Waals surface area contributed by atoms with Crippen molar-refractivity contribution < 1.29 is 4.42 Å². The first kappa shape index (κ1) is 18.2. The van der Waals surface area contributed by atoms with Crippen molar-refractivity contribution in [2.45, 2.75) is 6.92 Å². The average molecular weight is 386 g/mol. The van der Waals surface area contributed by atoms with Gasteiger partial charge in [0.05, 0.1) is 0 Å². The number of furan rings is 1. The summed E-state index contributed by atoms with van der Waals surface area (Å²) < 4.78 is 6.67. The van der Waals surface area contributed by atoms with Crippen molar-refractivity contribution in [2.24, 2.45) is 0 Å². The number of hydrogen-bond acceptors (Lipinski definition) is 1. The van der Waals surface area contributed by atoms with Crippen LogP contribution < -0.4 is 0 Å². The molecule has 0 radical (unpaired) electrons. The molecule has 0 N–H and O–H groups in total. The van der Waals surface area contributed by atoms with Crippen LogP contribution in [0.2, 0.25) is 0 Å². The van der Waals surface area contributed by atoms with Gasteiger partial charge in [-0.15, -0.1) is 0 Å². The normalized spacial score (nSPS) is 10.8. The van der Waals surface area contributed by atoms with E-state index in [1.54, 1.807) is 0 Å². The first-order valence-corrected chi connectivity index (χ1v) is 10.2. The second-order valence-electron chi connectivity index (χ2n) is 7.47. The van der Waals surface area contributed by atoms with Gasteiger partial charge in [-0.2, -0.15) is 0 Å². The third-order valence-electron chi connectivity index (χ3n) is 5.38. The second kappa shape index (κ2) is 7.88. The van der Waals surface area contributed by atoms with E-state index in [0.717, 1.165) is 44.9 Å². The minimum absolute atomic E-state index is 0.899. The van der Waals surface area contributed by atoms with Gasteiger partial charge in [0.15, 0.2) is 0 Å². The Balaban J connectivity index is 1.88. The molecule has 4 aromatic carbocycles. The SMILES string of the molecule is Cc1ccc(-c2oc(-c3ccccc3)c(-c3ccccc3)c2-c2ccccc2)cc1. The summed E-state index contributed by atoms with van der Waals surface area (Å²) in [6, 6.07) is 40.0. The highest BCUT2D eigenvalue weighted by Crippen LogP contribution is 2.48. The molecule has 0 fully saturated rings. The Hall–Kier alpha value is -3.84. The van der Waals surface area contributed by atoms with Gasteiger partial charge in [-0.3, -0.25) is 0 Å². The molecule has 5 rings (SSSR count). The average Bonchev–Trinajstić information content (AvgIpc) is 3.22. The molecule has 0 aliphatic heterocycles. The van der Waals surface area contributed by atoms with E-state index < -0.39 is 0 Å². The molecule has 1 heteroatoms. The van der Waals surface area contributed by atoms with Crippen LogP contribution in [0.3, 0.4) is 0 Å². The van der Waals surface area contributed by atoms with Crippen LogP contribution in [0, 0.1) is 6.92 Å². The molecule has 0 atom stereocenters. The number of hydrogen-bond donors (Lipinski definition) is 0. The molecule has 30 heavy (non-hydrogen) atoms. The fourth-order valence-electron chi connectivity index (χ4n) is 3.89. The molecule has 1 nitrogen and oxygen atoms in total. The van der Waals surface area contributed by atoms with Crippen LogP contribution in [0.4, 0.5) is 0 Å². The lowest BCUT2D eigenvalue weighted by Gasteiger charge is -2.08. The topological polar surface area (TPSA) is 13.1 Å². The van der Waals surface area contributed by atoms with E-state index in [-0.39, 0.29) is 0 Å². The van der Waals surface area contributed by atoms with Crippen LogP contribution in [-0.2, 0) is 0 Å². The Morgan fingerprint density at radius 1 is 0.400 bits per heavy atom. The summed E-state index contributed by atoms with van der Waals surface area (Å²) in [7, 11) is 0. The molecule has 0 amide bonds. The molecule has 1 heterocycles. The van der Waals surface area contributed by atoms with Gasteiger partial charge >= 0.3 is 0 Å². The molecule has 0 bridgehead atoms. The zero-order valence-corrected chi connectivity index (χ0v) is 16.9. The van der Waals surface area contributed by atoms with Crippen LogP contribution in [0.1, 0.15) is 5.56 Å². The molecule has 0 saturated carbocycles. The fourth-order valence-corrected chi connectivity index (χ4v) is 3.89.